The number of halogens is 1. The van der Waals surface area contributed by atoms with Gasteiger partial charge in [-0.15, -0.1) is 0 Å². The largest absolute Gasteiger partial charge is 0.389 e. The molecule has 4 nitrogen and oxygen atoms in total. The fourth-order valence-corrected chi connectivity index (χ4v) is 4.46. The van der Waals surface area contributed by atoms with Crippen LogP contribution in [0.4, 0.5) is 0 Å². The third-order valence-corrected chi connectivity index (χ3v) is 6.22. The summed E-state index contributed by atoms with van der Waals surface area (Å²) in [4.78, 5) is 4.88. The molecule has 1 aliphatic rings. The van der Waals surface area contributed by atoms with E-state index < -0.39 is 6.10 Å². The van der Waals surface area contributed by atoms with E-state index in [2.05, 4.69) is 70.5 Å². The first kappa shape index (κ1) is 23.0. The lowest BCUT2D eigenvalue weighted by atomic mass is 9.96. The minimum absolute atomic E-state index is 0.257. The van der Waals surface area contributed by atoms with Gasteiger partial charge in [-0.1, -0.05) is 84.4 Å². The molecule has 1 saturated heterocycles. The van der Waals surface area contributed by atoms with Gasteiger partial charge in [-0.05, 0) is 28.8 Å². The SMILES string of the molecule is OC(COCc1ccc(Cl)cc1)CN1CCN(C(c2ccccc2)c2ccccc2)CC1. The Hall–Kier alpha value is -2.21. The Morgan fingerprint density at radius 2 is 1.34 bits per heavy atom. The number of ether oxygens (including phenoxy) is 1. The first-order valence-electron chi connectivity index (χ1n) is 11.3. The van der Waals surface area contributed by atoms with Crippen LogP contribution in [0.1, 0.15) is 22.7 Å². The minimum Gasteiger partial charge on any atom is -0.389 e. The van der Waals surface area contributed by atoms with Crippen LogP contribution in [0.5, 0.6) is 0 Å². The molecule has 3 aromatic carbocycles. The minimum atomic E-state index is -0.493. The second-order valence-corrected chi connectivity index (χ2v) is 8.79. The second-order valence-electron chi connectivity index (χ2n) is 8.36. The van der Waals surface area contributed by atoms with Crippen LogP contribution in [0.3, 0.4) is 0 Å². The van der Waals surface area contributed by atoms with Crippen molar-refractivity contribution < 1.29 is 9.84 Å². The monoisotopic (exact) mass is 450 g/mol. The normalized spacial score (nSPS) is 16.3. The van der Waals surface area contributed by atoms with Gasteiger partial charge in [-0.2, -0.15) is 0 Å². The Labute approximate surface area is 196 Å². The number of benzene rings is 3. The molecule has 1 fully saturated rings. The molecular weight excluding hydrogens is 420 g/mol. The summed E-state index contributed by atoms with van der Waals surface area (Å²) in [6.45, 7) is 5.25. The topological polar surface area (TPSA) is 35.9 Å². The van der Waals surface area contributed by atoms with E-state index in [-0.39, 0.29) is 6.04 Å². The third-order valence-electron chi connectivity index (χ3n) is 5.96. The number of aliphatic hydroxyl groups is 1. The van der Waals surface area contributed by atoms with Crippen LogP contribution >= 0.6 is 11.6 Å². The van der Waals surface area contributed by atoms with Crippen molar-refractivity contribution in [3.05, 3.63) is 107 Å². The molecule has 4 rings (SSSR count). The fraction of sp³-hybridized carbons (Fsp3) is 0.333. The van der Waals surface area contributed by atoms with Gasteiger partial charge in [0, 0.05) is 37.7 Å². The predicted octanol–water partition coefficient (Wildman–Crippen LogP) is 4.62. The molecule has 0 aromatic heterocycles. The Balaban J connectivity index is 1.27. The number of β-amino-alcohol motifs (C(OH)–C–C–N with tert-alkyl or cyclic N) is 1. The maximum Gasteiger partial charge on any atom is 0.0900 e. The molecule has 0 radical (unpaired) electrons. The number of hydrogen-bond donors (Lipinski definition) is 1. The first-order valence-corrected chi connectivity index (χ1v) is 11.6. The molecule has 0 bridgehead atoms. The van der Waals surface area contributed by atoms with Gasteiger partial charge in [-0.25, -0.2) is 0 Å². The lowest BCUT2D eigenvalue weighted by Gasteiger charge is -2.40. The number of nitrogens with zero attached hydrogens (tertiary/aromatic N) is 2. The summed E-state index contributed by atoms with van der Waals surface area (Å²) >= 11 is 5.91. The summed E-state index contributed by atoms with van der Waals surface area (Å²) in [6.07, 6.45) is -0.493. The lowest BCUT2D eigenvalue weighted by Crippen LogP contribution is -2.50. The van der Waals surface area contributed by atoms with Crippen molar-refractivity contribution in [1.82, 2.24) is 9.80 Å². The molecule has 1 atom stereocenters. The molecule has 3 aromatic rings. The maximum absolute atomic E-state index is 10.5. The van der Waals surface area contributed by atoms with Gasteiger partial charge in [0.2, 0.25) is 0 Å². The molecule has 0 saturated carbocycles. The smallest absolute Gasteiger partial charge is 0.0900 e. The highest BCUT2D eigenvalue weighted by Gasteiger charge is 2.27. The zero-order valence-corrected chi connectivity index (χ0v) is 19.1. The van der Waals surface area contributed by atoms with Crippen LogP contribution in [0.25, 0.3) is 0 Å². The number of aliphatic hydroxyl groups excluding tert-OH is 1. The molecule has 1 heterocycles. The van der Waals surface area contributed by atoms with Crippen molar-refractivity contribution in [2.45, 2.75) is 18.8 Å². The van der Waals surface area contributed by atoms with Gasteiger partial charge in [0.05, 0.1) is 25.4 Å². The molecule has 32 heavy (non-hydrogen) atoms. The number of piperazine rings is 1. The molecule has 1 aliphatic heterocycles. The van der Waals surface area contributed by atoms with Gasteiger partial charge in [-0.3, -0.25) is 9.80 Å². The van der Waals surface area contributed by atoms with Crippen molar-refractivity contribution in [2.24, 2.45) is 0 Å². The molecule has 1 unspecified atom stereocenters. The van der Waals surface area contributed by atoms with Crippen LogP contribution in [0.15, 0.2) is 84.9 Å². The van der Waals surface area contributed by atoms with E-state index in [1.807, 2.05) is 24.3 Å². The standard InChI is InChI=1S/C27H31ClN2O2/c28-25-13-11-22(12-14-25)20-32-21-26(31)19-29-15-17-30(18-16-29)27(23-7-3-1-4-8-23)24-9-5-2-6-10-24/h1-14,26-27,31H,15-21H2. The Bertz CT molecular complexity index is 889. The van der Waals surface area contributed by atoms with Crippen molar-refractivity contribution in [1.29, 1.82) is 0 Å². The molecular formula is C27H31ClN2O2. The highest BCUT2D eigenvalue weighted by Crippen LogP contribution is 2.29. The van der Waals surface area contributed by atoms with Gasteiger partial charge >= 0.3 is 0 Å². The van der Waals surface area contributed by atoms with E-state index >= 15 is 0 Å². The summed E-state index contributed by atoms with van der Waals surface area (Å²) in [5, 5.41) is 11.2. The average Bonchev–Trinajstić information content (AvgIpc) is 2.83. The van der Waals surface area contributed by atoms with Crippen molar-refractivity contribution in [3.8, 4) is 0 Å². The van der Waals surface area contributed by atoms with Crippen molar-refractivity contribution >= 4 is 11.6 Å². The molecule has 5 heteroatoms. The highest BCUT2D eigenvalue weighted by molar-refractivity contribution is 6.30. The van der Waals surface area contributed by atoms with E-state index in [1.165, 1.54) is 11.1 Å². The summed E-state index contributed by atoms with van der Waals surface area (Å²) in [6, 6.07) is 29.3. The van der Waals surface area contributed by atoms with Gasteiger partial charge < -0.3 is 9.84 Å². The van der Waals surface area contributed by atoms with Gasteiger partial charge in [0.1, 0.15) is 0 Å². The van der Waals surface area contributed by atoms with E-state index in [0.29, 0.717) is 19.8 Å². The van der Waals surface area contributed by atoms with Crippen LogP contribution < -0.4 is 0 Å². The molecule has 0 amide bonds. The summed E-state index contributed by atoms with van der Waals surface area (Å²) in [5.74, 6) is 0. The lowest BCUT2D eigenvalue weighted by molar-refractivity contribution is -0.000707. The zero-order chi connectivity index (χ0) is 22.2. The number of hydrogen-bond acceptors (Lipinski definition) is 4. The fourth-order valence-electron chi connectivity index (χ4n) is 4.33. The molecule has 0 aliphatic carbocycles. The van der Waals surface area contributed by atoms with Crippen molar-refractivity contribution in [2.75, 3.05) is 39.3 Å². The van der Waals surface area contributed by atoms with Crippen LogP contribution in [-0.2, 0) is 11.3 Å². The Morgan fingerprint density at radius 3 is 1.91 bits per heavy atom. The van der Waals surface area contributed by atoms with Crippen LogP contribution in [0.2, 0.25) is 5.02 Å². The zero-order valence-electron chi connectivity index (χ0n) is 18.3. The third kappa shape index (κ3) is 6.41. The van der Waals surface area contributed by atoms with E-state index in [4.69, 9.17) is 16.3 Å². The summed E-state index contributed by atoms with van der Waals surface area (Å²) in [7, 11) is 0. The quantitative estimate of drug-likeness (QED) is 0.515. The number of rotatable bonds is 9. The molecule has 168 valence electrons. The highest BCUT2D eigenvalue weighted by atomic mass is 35.5. The van der Waals surface area contributed by atoms with Crippen LogP contribution in [0, 0.1) is 0 Å². The Morgan fingerprint density at radius 1 is 0.781 bits per heavy atom. The molecule has 0 spiro atoms. The Kier molecular flexibility index (Phi) is 8.32. The average molecular weight is 451 g/mol. The van der Waals surface area contributed by atoms with E-state index in [9.17, 15) is 5.11 Å². The second kappa shape index (κ2) is 11.6. The van der Waals surface area contributed by atoms with Gasteiger partial charge in [0.15, 0.2) is 0 Å². The first-order chi connectivity index (χ1) is 15.7. The van der Waals surface area contributed by atoms with E-state index in [0.717, 1.165) is 36.8 Å². The van der Waals surface area contributed by atoms with E-state index in [1.54, 1.807) is 0 Å². The van der Waals surface area contributed by atoms with Gasteiger partial charge in [0.25, 0.3) is 0 Å². The predicted molar refractivity (Wildman–Crippen MR) is 130 cm³/mol. The summed E-state index contributed by atoms with van der Waals surface area (Å²) < 4.78 is 5.71. The molecule has 1 N–H and O–H groups in total. The maximum atomic E-state index is 10.5. The van der Waals surface area contributed by atoms with Crippen LogP contribution in [-0.4, -0.2) is 60.3 Å². The van der Waals surface area contributed by atoms with Crippen molar-refractivity contribution in [3.63, 3.8) is 0 Å². The summed E-state index contributed by atoms with van der Waals surface area (Å²) in [5.41, 5.74) is 3.70.